The van der Waals surface area contributed by atoms with Crippen molar-refractivity contribution in [2.75, 3.05) is 17.2 Å². The summed E-state index contributed by atoms with van der Waals surface area (Å²) in [5.41, 5.74) is 6.09. The fourth-order valence-corrected chi connectivity index (χ4v) is 3.31. The maximum Gasteiger partial charge on any atom is 0.177 e. The van der Waals surface area contributed by atoms with E-state index in [4.69, 9.17) is 5.73 Å². The molecule has 2 N–H and O–H groups in total. The van der Waals surface area contributed by atoms with Crippen LogP contribution in [0.4, 0.5) is 24.8 Å². The molecule has 9 heteroatoms. The van der Waals surface area contributed by atoms with E-state index in [1.165, 1.54) is 4.52 Å². The van der Waals surface area contributed by atoms with Crippen molar-refractivity contribution in [2.24, 2.45) is 0 Å². The third-order valence-corrected chi connectivity index (χ3v) is 4.47. The molecule has 2 atom stereocenters. The Kier molecular flexibility index (Phi) is 3.68. The lowest BCUT2D eigenvalue weighted by atomic mass is 10.0. The molecule has 0 aliphatic carbocycles. The molecule has 6 nitrogen and oxygen atoms in total. The minimum absolute atomic E-state index is 0.0136. The van der Waals surface area contributed by atoms with Crippen molar-refractivity contribution in [2.45, 2.75) is 18.6 Å². The molecule has 1 aliphatic rings. The number of fused-ring (bicyclic) bond motifs is 1. The molecule has 2 aromatic heterocycles. The summed E-state index contributed by atoms with van der Waals surface area (Å²) >= 11 is 0. The molecule has 3 aromatic rings. The van der Waals surface area contributed by atoms with Crippen LogP contribution in [-0.4, -0.2) is 27.3 Å². The van der Waals surface area contributed by atoms with Gasteiger partial charge in [-0.1, -0.05) is 0 Å². The van der Waals surface area contributed by atoms with E-state index in [1.807, 2.05) is 6.07 Å². The molecule has 4 rings (SSSR count). The summed E-state index contributed by atoms with van der Waals surface area (Å²) in [6.45, 7) is -0.0186. The minimum atomic E-state index is -1.22. The van der Waals surface area contributed by atoms with Crippen LogP contribution < -0.4 is 10.6 Å². The van der Waals surface area contributed by atoms with Crippen LogP contribution in [0.1, 0.15) is 23.6 Å². The van der Waals surface area contributed by atoms with Gasteiger partial charge in [-0.25, -0.2) is 22.7 Å². The molecule has 1 aromatic carbocycles. The third-order valence-electron chi connectivity index (χ3n) is 4.47. The summed E-state index contributed by atoms with van der Waals surface area (Å²) < 4.78 is 43.2. The normalized spacial score (nSPS) is 19.8. The van der Waals surface area contributed by atoms with Crippen LogP contribution in [0.5, 0.6) is 0 Å². The summed E-state index contributed by atoms with van der Waals surface area (Å²) in [4.78, 5) is 5.91. The molecule has 1 fully saturated rings. The molecule has 0 spiro atoms. The van der Waals surface area contributed by atoms with E-state index < -0.39 is 23.8 Å². The Balaban J connectivity index is 1.81. The summed E-state index contributed by atoms with van der Waals surface area (Å²) in [5.74, 6) is -0.831. The summed E-state index contributed by atoms with van der Waals surface area (Å²) in [5, 5.41) is 13.2. The molecule has 3 heterocycles. The van der Waals surface area contributed by atoms with E-state index in [0.29, 0.717) is 5.82 Å². The van der Waals surface area contributed by atoms with E-state index in [2.05, 4.69) is 10.1 Å². The molecule has 0 amide bonds. The Bertz CT molecular complexity index is 1040. The van der Waals surface area contributed by atoms with Crippen molar-refractivity contribution >= 4 is 17.3 Å². The number of hydrogen-bond donors (Lipinski definition) is 1. The highest BCUT2D eigenvalue weighted by atomic mass is 19.1. The SMILES string of the molecule is N#Cc1c(N)nn2ccc(N3C[C@@H](F)C[C@@H]3c3cc(F)ccc3F)nc12. The van der Waals surface area contributed by atoms with Gasteiger partial charge in [-0.2, -0.15) is 5.26 Å². The Labute approximate surface area is 146 Å². The Morgan fingerprint density at radius 2 is 2.08 bits per heavy atom. The molecular formula is C17H13F3N6. The van der Waals surface area contributed by atoms with Gasteiger partial charge in [0.2, 0.25) is 0 Å². The van der Waals surface area contributed by atoms with Crippen molar-refractivity contribution in [3.05, 3.63) is 53.2 Å². The van der Waals surface area contributed by atoms with Crippen LogP contribution >= 0.6 is 0 Å². The van der Waals surface area contributed by atoms with Crippen molar-refractivity contribution in [3.63, 3.8) is 0 Å². The minimum Gasteiger partial charge on any atom is -0.381 e. The fourth-order valence-electron chi connectivity index (χ4n) is 3.31. The van der Waals surface area contributed by atoms with Crippen LogP contribution in [0.15, 0.2) is 30.5 Å². The molecule has 1 saturated heterocycles. The smallest absolute Gasteiger partial charge is 0.177 e. The van der Waals surface area contributed by atoms with Gasteiger partial charge in [-0.3, -0.25) is 0 Å². The first-order valence-electron chi connectivity index (χ1n) is 7.88. The number of hydrogen-bond acceptors (Lipinski definition) is 5. The second kappa shape index (κ2) is 5.91. The average molecular weight is 358 g/mol. The number of alkyl halides is 1. The molecule has 0 bridgehead atoms. The second-order valence-corrected chi connectivity index (χ2v) is 6.09. The largest absolute Gasteiger partial charge is 0.381 e. The number of nitrogen functional groups attached to an aromatic ring is 1. The second-order valence-electron chi connectivity index (χ2n) is 6.09. The average Bonchev–Trinajstić information content (AvgIpc) is 3.15. The van der Waals surface area contributed by atoms with Gasteiger partial charge < -0.3 is 10.6 Å². The van der Waals surface area contributed by atoms with Crippen LogP contribution in [0.2, 0.25) is 0 Å². The first-order chi connectivity index (χ1) is 12.5. The molecule has 1 aliphatic heterocycles. The first kappa shape index (κ1) is 16.2. The van der Waals surface area contributed by atoms with Gasteiger partial charge in [-0.15, -0.1) is 5.10 Å². The molecule has 26 heavy (non-hydrogen) atoms. The van der Waals surface area contributed by atoms with Crippen molar-refractivity contribution in [1.82, 2.24) is 14.6 Å². The van der Waals surface area contributed by atoms with E-state index in [1.54, 1.807) is 17.2 Å². The van der Waals surface area contributed by atoms with Crippen LogP contribution in [-0.2, 0) is 0 Å². The van der Waals surface area contributed by atoms with Gasteiger partial charge in [0.1, 0.15) is 35.3 Å². The standard InChI is InChI=1S/C17H13F3N6/c18-9-1-2-13(20)11(5-9)14-6-10(19)8-25(14)15-3-4-26-17(23-15)12(7-21)16(22)24-26/h1-5,10,14H,6,8H2,(H2,22,24)/t10-,14+/m0/s1. The highest BCUT2D eigenvalue weighted by molar-refractivity contribution is 5.67. The summed E-state index contributed by atoms with van der Waals surface area (Å²) in [7, 11) is 0. The first-order valence-corrected chi connectivity index (χ1v) is 7.88. The maximum atomic E-state index is 14.2. The predicted octanol–water partition coefficient (Wildman–Crippen LogP) is 2.75. The molecule has 0 radical (unpaired) electrons. The lowest BCUT2D eigenvalue weighted by Crippen LogP contribution is -2.25. The summed E-state index contributed by atoms with van der Waals surface area (Å²) in [6, 6.07) is 5.91. The predicted molar refractivity (Wildman–Crippen MR) is 88.1 cm³/mol. The van der Waals surface area contributed by atoms with Gasteiger partial charge in [-0.05, 0) is 24.3 Å². The number of nitriles is 1. The summed E-state index contributed by atoms with van der Waals surface area (Å²) in [6.07, 6.45) is 0.338. The highest BCUT2D eigenvalue weighted by Gasteiger charge is 2.36. The lowest BCUT2D eigenvalue weighted by molar-refractivity contribution is 0.355. The van der Waals surface area contributed by atoms with Crippen molar-refractivity contribution in [1.29, 1.82) is 5.26 Å². The molecule has 132 valence electrons. The highest BCUT2D eigenvalue weighted by Crippen LogP contribution is 2.38. The van der Waals surface area contributed by atoms with Crippen LogP contribution in [0.3, 0.4) is 0 Å². The molecular weight excluding hydrogens is 345 g/mol. The number of nitrogens with zero attached hydrogens (tertiary/aromatic N) is 5. The number of benzene rings is 1. The monoisotopic (exact) mass is 358 g/mol. The fraction of sp³-hybridized carbons (Fsp3) is 0.235. The Morgan fingerprint density at radius 3 is 2.85 bits per heavy atom. The van der Waals surface area contributed by atoms with E-state index >= 15 is 0 Å². The van der Waals surface area contributed by atoms with Gasteiger partial charge in [0.05, 0.1) is 12.6 Å². The Morgan fingerprint density at radius 1 is 1.27 bits per heavy atom. The van der Waals surface area contributed by atoms with Gasteiger partial charge in [0.15, 0.2) is 11.5 Å². The number of aromatic nitrogens is 3. The zero-order valence-corrected chi connectivity index (χ0v) is 13.4. The maximum absolute atomic E-state index is 14.2. The van der Waals surface area contributed by atoms with E-state index in [0.717, 1.165) is 18.2 Å². The van der Waals surface area contributed by atoms with Crippen LogP contribution in [0, 0.1) is 23.0 Å². The number of anilines is 2. The van der Waals surface area contributed by atoms with Gasteiger partial charge in [0, 0.05) is 18.2 Å². The zero-order chi connectivity index (χ0) is 18.4. The quantitative estimate of drug-likeness (QED) is 0.762. The zero-order valence-electron chi connectivity index (χ0n) is 13.4. The van der Waals surface area contributed by atoms with Gasteiger partial charge in [0.25, 0.3) is 0 Å². The van der Waals surface area contributed by atoms with Crippen molar-refractivity contribution < 1.29 is 13.2 Å². The van der Waals surface area contributed by atoms with Crippen molar-refractivity contribution in [3.8, 4) is 6.07 Å². The molecule has 0 unspecified atom stereocenters. The van der Waals surface area contributed by atoms with E-state index in [-0.39, 0.29) is 35.6 Å². The topological polar surface area (TPSA) is 83.2 Å². The number of rotatable bonds is 2. The number of nitrogens with two attached hydrogens (primary N) is 1. The number of halogens is 3. The van der Waals surface area contributed by atoms with E-state index in [9.17, 15) is 18.4 Å². The third kappa shape index (κ3) is 2.50. The Hall–Kier alpha value is -3.28. The molecule has 0 saturated carbocycles. The lowest BCUT2D eigenvalue weighted by Gasteiger charge is -2.26. The van der Waals surface area contributed by atoms with Gasteiger partial charge >= 0.3 is 0 Å². The van der Waals surface area contributed by atoms with Crippen LogP contribution in [0.25, 0.3) is 5.65 Å².